The maximum atomic E-state index is 12.1. The predicted octanol–water partition coefficient (Wildman–Crippen LogP) is 1.86. The minimum Gasteiger partial charge on any atom is -0.481 e. The van der Waals surface area contributed by atoms with Gasteiger partial charge in [0.1, 0.15) is 0 Å². The van der Waals surface area contributed by atoms with Gasteiger partial charge >= 0.3 is 11.7 Å². The number of thioether (sulfide) groups is 1. The van der Waals surface area contributed by atoms with Crippen molar-refractivity contribution in [3.63, 3.8) is 0 Å². The second-order valence-corrected chi connectivity index (χ2v) is 5.40. The minimum absolute atomic E-state index is 0.139. The molecule has 6 nitrogen and oxygen atoms in total. The summed E-state index contributed by atoms with van der Waals surface area (Å²) in [6.07, 6.45) is 1.56. The predicted molar refractivity (Wildman–Crippen MR) is 81.3 cm³/mol. The summed E-state index contributed by atoms with van der Waals surface area (Å²) in [5.74, 6) is -1.08. The van der Waals surface area contributed by atoms with Gasteiger partial charge in [0.05, 0.1) is 11.4 Å². The van der Waals surface area contributed by atoms with Crippen LogP contribution in [0.1, 0.15) is 25.0 Å². The van der Waals surface area contributed by atoms with E-state index in [1.54, 1.807) is 0 Å². The lowest BCUT2D eigenvalue weighted by Crippen LogP contribution is -2.19. The third kappa shape index (κ3) is 3.18. The lowest BCUT2D eigenvalue weighted by Gasteiger charge is -2.14. The van der Waals surface area contributed by atoms with Crippen LogP contribution in [0.4, 0.5) is 0 Å². The number of carboxylic acid groups (broad SMARTS) is 1. The van der Waals surface area contributed by atoms with Crippen molar-refractivity contribution in [3.05, 3.63) is 39.8 Å². The molecule has 0 unspecified atom stereocenters. The molecule has 0 aliphatic heterocycles. The molecule has 1 aromatic carbocycles. The Labute approximate surface area is 126 Å². The number of benzene rings is 1. The van der Waals surface area contributed by atoms with E-state index >= 15 is 0 Å². The molecule has 7 heteroatoms. The molecule has 1 heterocycles. The van der Waals surface area contributed by atoms with Crippen molar-refractivity contribution in [2.45, 2.75) is 31.8 Å². The highest BCUT2D eigenvalue weighted by atomic mass is 32.2. The lowest BCUT2D eigenvalue weighted by molar-refractivity contribution is -0.133. The summed E-state index contributed by atoms with van der Waals surface area (Å²) in [4.78, 5) is 22.8. The standard InChI is InChI=1S/C14H17N3O3S/c1-3-9-6-5-7-10(4-2)12(9)17-13(20)15-16-14(17)21-8-11(18)19/h5-7H,3-4,8H2,1-2H3,(H,15,20)(H,18,19). The van der Waals surface area contributed by atoms with E-state index in [-0.39, 0.29) is 11.4 Å². The third-order valence-electron chi connectivity index (χ3n) is 3.15. The van der Waals surface area contributed by atoms with E-state index in [1.165, 1.54) is 4.57 Å². The van der Waals surface area contributed by atoms with Crippen molar-refractivity contribution in [2.75, 3.05) is 5.75 Å². The van der Waals surface area contributed by atoms with Crippen molar-refractivity contribution in [1.29, 1.82) is 0 Å². The Morgan fingerprint density at radius 2 is 1.95 bits per heavy atom. The first kappa shape index (κ1) is 15.4. The summed E-state index contributed by atoms with van der Waals surface area (Å²) in [7, 11) is 0. The Balaban J connectivity index is 2.59. The zero-order valence-electron chi connectivity index (χ0n) is 11.9. The number of nitrogens with zero attached hydrogens (tertiary/aromatic N) is 2. The van der Waals surface area contributed by atoms with Gasteiger partial charge < -0.3 is 5.11 Å². The Bertz CT molecular complexity index is 683. The summed E-state index contributed by atoms with van der Waals surface area (Å²) in [6, 6.07) is 5.91. The second kappa shape index (κ2) is 6.62. The van der Waals surface area contributed by atoms with Gasteiger partial charge in [-0.05, 0) is 24.0 Å². The number of aromatic nitrogens is 3. The quantitative estimate of drug-likeness (QED) is 0.795. The fourth-order valence-electron chi connectivity index (χ4n) is 2.21. The van der Waals surface area contributed by atoms with Gasteiger partial charge in [-0.2, -0.15) is 0 Å². The first-order chi connectivity index (χ1) is 10.1. The second-order valence-electron chi connectivity index (χ2n) is 4.46. The fraction of sp³-hybridized carbons (Fsp3) is 0.357. The van der Waals surface area contributed by atoms with Gasteiger partial charge in [-0.3, -0.25) is 4.79 Å². The van der Waals surface area contributed by atoms with Gasteiger partial charge in [0.2, 0.25) is 0 Å². The van der Waals surface area contributed by atoms with Gasteiger partial charge in [-0.15, -0.1) is 5.10 Å². The highest BCUT2D eigenvalue weighted by Crippen LogP contribution is 2.24. The molecule has 21 heavy (non-hydrogen) atoms. The summed E-state index contributed by atoms with van der Waals surface area (Å²) in [5, 5.41) is 15.5. The molecule has 2 N–H and O–H groups in total. The number of carbonyl (C=O) groups is 1. The molecule has 0 saturated heterocycles. The molecule has 0 bridgehead atoms. The number of hydrogen-bond acceptors (Lipinski definition) is 4. The number of aliphatic carboxylic acids is 1. The zero-order valence-corrected chi connectivity index (χ0v) is 12.7. The largest absolute Gasteiger partial charge is 0.481 e. The van der Waals surface area contributed by atoms with Crippen molar-refractivity contribution in [2.24, 2.45) is 0 Å². The van der Waals surface area contributed by atoms with E-state index < -0.39 is 5.97 Å². The number of H-pyrrole nitrogens is 1. The van der Waals surface area contributed by atoms with Crippen LogP contribution in [0, 0.1) is 0 Å². The molecule has 2 rings (SSSR count). The Kier molecular flexibility index (Phi) is 4.85. The van der Waals surface area contributed by atoms with Crippen molar-refractivity contribution < 1.29 is 9.90 Å². The van der Waals surface area contributed by atoms with Crippen LogP contribution in [0.2, 0.25) is 0 Å². The monoisotopic (exact) mass is 307 g/mol. The van der Waals surface area contributed by atoms with Crippen LogP contribution in [-0.4, -0.2) is 31.6 Å². The van der Waals surface area contributed by atoms with E-state index in [0.29, 0.717) is 5.16 Å². The number of para-hydroxylation sites is 1. The van der Waals surface area contributed by atoms with Crippen LogP contribution in [-0.2, 0) is 17.6 Å². The summed E-state index contributed by atoms with van der Waals surface area (Å²) < 4.78 is 1.48. The van der Waals surface area contributed by atoms with Gasteiger partial charge in [0.25, 0.3) is 0 Å². The molecular formula is C14H17N3O3S. The molecule has 0 saturated carbocycles. The van der Waals surface area contributed by atoms with Crippen LogP contribution >= 0.6 is 11.8 Å². The molecule has 0 atom stereocenters. The lowest BCUT2D eigenvalue weighted by atomic mass is 10.0. The molecule has 0 spiro atoms. The Morgan fingerprint density at radius 1 is 1.33 bits per heavy atom. The van der Waals surface area contributed by atoms with Crippen LogP contribution in [0.3, 0.4) is 0 Å². The average Bonchev–Trinajstić information content (AvgIpc) is 2.84. The molecule has 0 fully saturated rings. The SMILES string of the molecule is CCc1cccc(CC)c1-n1c(SCC(=O)O)n[nH]c1=O. The van der Waals surface area contributed by atoms with Gasteiger partial charge in [0, 0.05) is 0 Å². The van der Waals surface area contributed by atoms with Crippen molar-refractivity contribution in [3.8, 4) is 5.69 Å². The van der Waals surface area contributed by atoms with E-state index in [0.717, 1.165) is 41.4 Å². The fourth-order valence-corrected chi connectivity index (χ4v) is 2.87. The molecule has 0 amide bonds. The maximum Gasteiger partial charge on any atom is 0.348 e. The molecule has 0 radical (unpaired) electrons. The topological polar surface area (TPSA) is 88.0 Å². The molecular weight excluding hydrogens is 290 g/mol. The van der Waals surface area contributed by atoms with E-state index in [2.05, 4.69) is 10.2 Å². The van der Waals surface area contributed by atoms with Gasteiger partial charge in [0.15, 0.2) is 5.16 Å². The smallest absolute Gasteiger partial charge is 0.348 e. The Hall–Kier alpha value is -2.02. The van der Waals surface area contributed by atoms with Gasteiger partial charge in [-0.25, -0.2) is 14.5 Å². The normalized spacial score (nSPS) is 10.8. The van der Waals surface area contributed by atoms with Crippen molar-refractivity contribution >= 4 is 17.7 Å². The molecule has 0 aliphatic carbocycles. The van der Waals surface area contributed by atoms with Crippen molar-refractivity contribution in [1.82, 2.24) is 14.8 Å². The van der Waals surface area contributed by atoms with E-state index in [9.17, 15) is 9.59 Å². The van der Waals surface area contributed by atoms with Crippen LogP contribution in [0.25, 0.3) is 5.69 Å². The molecule has 1 aromatic heterocycles. The number of rotatable bonds is 6. The molecule has 0 aliphatic rings. The minimum atomic E-state index is -0.943. The number of hydrogen-bond donors (Lipinski definition) is 2. The molecule has 112 valence electrons. The first-order valence-electron chi connectivity index (χ1n) is 6.71. The number of carboxylic acids is 1. The summed E-state index contributed by atoms with van der Waals surface area (Å²) in [6.45, 7) is 4.04. The van der Waals surface area contributed by atoms with E-state index in [1.807, 2.05) is 32.0 Å². The average molecular weight is 307 g/mol. The van der Waals surface area contributed by atoms with Crippen LogP contribution in [0.15, 0.2) is 28.2 Å². The third-order valence-corrected chi connectivity index (χ3v) is 4.08. The summed E-state index contributed by atoms with van der Waals surface area (Å²) in [5.41, 5.74) is 2.54. The maximum absolute atomic E-state index is 12.1. The first-order valence-corrected chi connectivity index (χ1v) is 7.70. The molecule has 2 aromatic rings. The zero-order chi connectivity index (χ0) is 15.4. The Morgan fingerprint density at radius 3 is 2.48 bits per heavy atom. The highest BCUT2D eigenvalue weighted by molar-refractivity contribution is 7.99. The highest BCUT2D eigenvalue weighted by Gasteiger charge is 2.17. The van der Waals surface area contributed by atoms with Crippen LogP contribution in [0.5, 0.6) is 0 Å². The van der Waals surface area contributed by atoms with Gasteiger partial charge in [-0.1, -0.05) is 43.8 Å². The van der Waals surface area contributed by atoms with E-state index in [4.69, 9.17) is 5.11 Å². The number of nitrogens with one attached hydrogen (secondary N) is 1. The van der Waals surface area contributed by atoms with Crippen LogP contribution < -0.4 is 5.69 Å². The summed E-state index contributed by atoms with van der Waals surface area (Å²) >= 11 is 1.03. The number of aryl methyl sites for hydroxylation is 2. The number of aromatic amines is 1.